The highest BCUT2D eigenvalue weighted by Gasteiger charge is 2.37. The molecule has 3 heteroatoms. The standard InChI is InChI=1S/C11H22N2O/c1-9-8-13(5-6-14-2)11(7-12-9)10-3-4-10/h9-12H,3-8H2,1-2H3. The maximum absolute atomic E-state index is 5.17. The Hall–Kier alpha value is -0.120. The third-order valence-corrected chi connectivity index (χ3v) is 3.40. The van der Waals surface area contributed by atoms with Gasteiger partial charge in [-0.15, -0.1) is 0 Å². The number of nitrogens with zero attached hydrogens (tertiary/aromatic N) is 1. The first-order chi connectivity index (χ1) is 6.81. The van der Waals surface area contributed by atoms with Crippen molar-refractivity contribution in [2.75, 3.05) is 33.4 Å². The first kappa shape index (κ1) is 10.4. The van der Waals surface area contributed by atoms with E-state index in [2.05, 4.69) is 17.1 Å². The van der Waals surface area contributed by atoms with Gasteiger partial charge in [-0.1, -0.05) is 0 Å². The molecule has 0 aromatic carbocycles. The molecule has 1 saturated heterocycles. The van der Waals surface area contributed by atoms with Crippen LogP contribution in [0.1, 0.15) is 19.8 Å². The average molecular weight is 198 g/mol. The van der Waals surface area contributed by atoms with Crippen molar-refractivity contribution in [3.63, 3.8) is 0 Å². The molecule has 2 rings (SSSR count). The lowest BCUT2D eigenvalue weighted by Crippen LogP contribution is -2.56. The Labute approximate surface area is 86.8 Å². The smallest absolute Gasteiger partial charge is 0.0589 e. The molecule has 2 aliphatic rings. The van der Waals surface area contributed by atoms with Crippen LogP contribution >= 0.6 is 0 Å². The van der Waals surface area contributed by atoms with Crippen LogP contribution < -0.4 is 5.32 Å². The minimum absolute atomic E-state index is 0.641. The summed E-state index contributed by atoms with van der Waals surface area (Å²) >= 11 is 0. The zero-order chi connectivity index (χ0) is 9.97. The number of ether oxygens (including phenoxy) is 1. The summed E-state index contributed by atoms with van der Waals surface area (Å²) in [5.74, 6) is 0.965. The quantitative estimate of drug-likeness (QED) is 0.720. The van der Waals surface area contributed by atoms with Gasteiger partial charge in [0.25, 0.3) is 0 Å². The van der Waals surface area contributed by atoms with E-state index in [1.807, 2.05) is 0 Å². The molecular weight excluding hydrogens is 176 g/mol. The minimum Gasteiger partial charge on any atom is -0.383 e. The predicted molar refractivity (Wildman–Crippen MR) is 57.4 cm³/mol. The Bertz CT molecular complexity index is 182. The lowest BCUT2D eigenvalue weighted by Gasteiger charge is -2.39. The van der Waals surface area contributed by atoms with Crippen molar-refractivity contribution in [2.24, 2.45) is 5.92 Å². The van der Waals surface area contributed by atoms with Gasteiger partial charge in [0.2, 0.25) is 0 Å². The van der Waals surface area contributed by atoms with Gasteiger partial charge in [-0.25, -0.2) is 0 Å². The van der Waals surface area contributed by atoms with E-state index in [-0.39, 0.29) is 0 Å². The van der Waals surface area contributed by atoms with E-state index in [0.29, 0.717) is 6.04 Å². The zero-order valence-corrected chi connectivity index (χ0v) is 9.33. The second-order valence-corrected chi connectivity index (χ2v) is 4.70. The molecule has 82 valence electrons. The number of hydrogen-bond acceptors (Lipinski definition) is 3. The van der Waals surface area contributed by atoms with Crippen LogP contribution in [0.3, 0.4) is 0 Å². The molecule has 0 aromatic heterocycles. The van der Waals surface area contributed by atoms with Gasteiger partial charge >= 0.3 is 0 Å². The summed E-state index contributed by atoms with van der Waals surface area (Å²) in [4.78, 5) is 2.61. The Morgan fingerprint density at radius 3 is 2.86 bits per heavy atom. The van der Waals surface area contributed by atoms with E-state index in [4.69, 9.17) is 4.74 Å². The molecule has 0 spiro atoms. The summed E-state index contributed by atoms with van der Waals surface area (Å²) < 4.78 is 5.17. The maximum atomic E-state index is 5.17. The fraction of sp³-hybridized carbons (Fsp3) is 1.00. The summed E-state index contributed by atoms with van der Waals surface area (Å²) in [6.07, 6.45) is 2.87. The van der Waals surface area contributed by atoms with Crippen molar-refractivity contribution < 1.29 is 4.74 Å². The van der Waals surface area contributed by atoms with Gasteiger partial charge in [0.05, 0.1) is 6.61 Å². The topological polar surface area (TPSA) is 24.5 Å². The zero-order valence-electron chi connectivity index (χ0n) is 9.33. The van der Waals surface area contributed by atoms with Crippen LogP contribution in [0, 0.1) is 5.92 Å². The van der Waals surface area contributed by atoms with E-state index in [1.54, 1.807) is 7.11 Å². The lowest BCUT2D eigenvalue weighted by molar-refractivity contribution is 0.0800. The highest BCUT2D eigenvalue weighted by Crippen LogP contribution is 2.36. The van der Waals surface area contributed by atoms with Gasteiger partial charge in [0, 0.05) is 38.8 Å². The van der Waals surface area contributed by atoms with E-state index in [9.17, 15) is 0 Å². The van der Waals surface area contributed by atoms with Crippen LogP contribution in [-0.2, 0) is 4.74 Å². The molecule has 1 heterocycles. The van der Waals surface area contributed by atoms with Gasteiger partial charge in [-0.2, -0.15) is 0 Å². The summed E-state index contributed by atoms with van der Waals surface area (Å²) in [5.41, 5.74) is 0. The fourth-order valence-corrected chi connectivity index (χ4v) is 2.41. The number of hydrogen-bond donors (Lipinski definition) is 1. The van der Waals surface area contributed by atoms with E-state index >= 15 is 0 Å². The summed E-state index contributed by atoms with van der Waals surface area (Å²) in [7, 11) is 1.79. The number of piperazine rings is 1. The van der Waals surface area contributed by atoms with Gasteiger partial charge in [0.1, 0.15) is 0 Å². The molecule has 0 amide bonds. The first-order valence-corrected chi connectivity index (χ1v) is 5.77. The van der Waals surface area contributed by atoms with Gasteiger partial charge in [0.15, 0.2) is 0 Å². The monoisotopic (exact) mass is 198 g/mol. The van der Waals surface area contributed by atoms with Crippen molar-refractivity contribution in [3.8, 4) is 0 Å². The van der Waals surface area contributed by atoms with E-state index in [0.717, 1.165) is 25.1 Å². The molecule has 2 unspecified atom stereocenters. The average Bonchev–Trinajstić information content (AvgIpc) is 2.98. The highest BCUT2D eigenvalue weighted by molar-refractivity contribution is 4.94. The van der Waals surface area contributed by atoms with E-state index in [1.165, 1.54) is 25.9 Å². The molecule has 14 heavy (non-hydrogen) atoms. The molecular formula is C11H22N2O. The SMILES string of the molecule is COCCN1CC(C)NCC1C1CC1. The molecule has 3 nitrogen and oxygen atoms in total. The van der Waals surface area contributed by atoms with Crippen LogP contribution in [0.25, 0.3) is 0 Å². The van der Waals surface area contributed by atoms with Gasteiger partial charge < -0.3 is 10.1 Å². The van der Waals surface area contributed by atoms with Crippen LogP contribution in [-0.4, -0.2) is 50.3 Å². The van der Waals surface area contributed by atoms with Crippen LogP contribution in [0.15, 0.2) is 0 Å². The third-order valence-electron chi connectivity index (χ3n) is 3.40. The Kier molecular flexibility index (Phi) is 3.42. The summed E-state index contributed by atoms with van der Waals surface area (Å²) in [5, 5.41) is 3.58. The highest BCUT2D eigenvalue weighted by atomic mass is 16.5. The minimum atomic E-state index is 0.641. The van der Waals surface area contributed by atoms with Crippen molar-refractivity contribution in [1.82, 2.24) is 10.2 Å². The number of nitrogens with one attached hydrogen (secondary N) is 1. The third kappa shape index (κ3) is 2.47. The molecule has 0 aromatic rings. The second kappa shape index (κ2) is 4.60. The fourth-order valence-electron chi connectivity index (χ4n) is 2.41. The Morgan fingerprint density at radius 2 is 2.21 bits per heavy atom. The molecule has 1 aliphatic heterocycles. The molecule has 1 N–H and O–H groups in total. The predicted octanol–water partition coefficient (Wildman–Crippen LogP) is 0.705. The maximum Gasteiger partial charge on any atom is 0.0589 e. The number of methoxy groups -OCH3 is 1. The van der Waals surface area contributed by atoms with E-state index < -0.39 is 0 Å². The molecule has 2 atom stereocenters. The second-order valence-electron chi connectivity index (χ2n) is 4.70. The number of rotatable bonds is 4. The summed E-state index contributed by atoms with van der Waals surface area (Å²) in [6, 6.07) is 1.42. The largest absolute Gasteiger partial charge is 0.383 e. The Morgan fingerprint density at radius 1 is 1.43 bits per heavy atom. The van der Waals surface area contributed by atoms with Crippen molar-refractivity contribution >= 4 is 0 Å². The van der Waals surface area contributed by atoms with Crippen molar-refractivity contribution in [1.29, 1.82) is 0 Å². The Balaban J connectivity index is 1.85. The molecule has 0 bridgehead atoms. The van der Waals surface area contributed by atoms with Gasteiger partial charge in [-0.05, 0) is 25.7 Å². The molecule has 1 aliphatic carbocycles. The summed E-state index contributed by atoms with van der Waals surface area (Å²) in [6.45, 7) is 6.60. The van der Waals surface area contributed by atoms with Crippen molar-refractivity contribution in [3.05, 3.63) is 0 Å². The molecule has 0 radical (unpaired) electrons. The van der Waals surface area contributed by atoms with Crippen molar-refractivity contribution in [2.45, 2.75) is 31.8 Å². The van der Waals surface area contributed by atoms with Gasteiger partial charge in [-0.3, -0.25) is 4.90 Å². The molecule has 1 saturated carbocycles. The van der Waals surface area contributed by atoms with Crippen LogP contribution in [0.5, 0.6) is 0 Å². The van der Waals surface area contributed by atoms with Crippen LogP contribution in [0.2, 0.25) is 0 Å². The first-order valence-electron chi connectivity index (χ1n) is 5.77. The lowest BCUT2D eigenvalue weighted by atomic mass is 10.1. The van der Waals surface area contributed by atoms with Crippen LogP contribution in [0.4, 0.5) is 0 Å². The molecule has 2 fully saturated rings. The normalized spacial score (nSPS) is 34.7.